The lowest BCUT2D eigenvalue weighted by Crippen LogP contribution is -2.25. The Labute approximate surface area is 129 Å². The highest BCUT2D eigenvalue weighted by atomic mass is 16.5. The highest BCUT2D eigenvalue weighted by molar-refractivity contribution is 5.92. The average Bonchev–Trinajstić information content (AvgIpc) is 2.79. The van der Waals surface area contributed by atoms with Crippen LogP contribution in [-0.4, -0.2) is 39.6 Å². The van der Waals surface area contributed by atoms with Crippen molar-refractivity contribution in [2.45, 2.75) is 53.2 Å². The van der Waals surface area contributed by atoms with Crippen molar-refractivity contribution in [3.8, 4) is 0 Å². The van der Waals surface area contributed by atoms with Crippen LogP contribution in [0.5, 0.6) is 0 Å². The van der Waals surface area contributed by atoms with Crippen LogP contribution in [-0.2, 0) is 14.3 Å². The minimum absolute atomic E-state index is 0.000929. The first-order chi connectivity index (χ1) is 10.3. The summed E-state index contributed by atoms with van der Waals surface area (Å²) in [6.07, 6.45) is 0.124. The Morgan fingerprint density at radius 2 is 1.91 bits per heavy atom. The molecule has 8 heteroatoms. The first kappa shape index (κ1) is 17.9. The molecular weight excluding hydrogens is 288 g/mol. The quantitative estimate of drug-likeness (QED) is 0.761. The summed E-state index contributed by atoms with van der Waals surface area (Å²) in [6.45, 7) is 9.43. The third-order valence-corrected chi connectivity index (χ3v) is 2.78. The summed E-state index contributed by atoms with van der Waals surface area (Å²) in [7, 11) is 0. The Kier molecular flexibility index (Phi) is 6.33. The largest absolute Gasteiger partial charge is 0.464 e. The van der Waals surface area contributed by atoms with Crippen LogP contribution in [0, 0.1) is 5.92 Å². The molecule has 0 amide bonds. The summed E-state index contributed by atoms with van der Waals surface area (Å²) in [5.74, 6) is -0.883. The maximum Gasteiger partial charge on any atom is 0.363 e. The molecule has 1 heterocycles. The van der Waals surface area contributed by atoms with Crippen molar-refractivity contribution in [2.75, 3.05) is 12.3 Å². The van der Waals surface area contributed by atoms with E-state index in [2.05, 4.69) is 10.3 Å². The molecule has 0 aliphatic rings. The molecule has 0 saturated heterocycles. The average molecular weight is 312 g/mol. The Bertz CT molecular complexity index is 525. The number of hydrogen-bond donors (Lipinski definition) is 1. The number of nitrogen functional groups attached to an aromatic ring is 1. The van der Waals surface area contributed by atoms with Gasteiger partial charge in [-0.25, -0.2) is 14.3 Å². The Hall–Kier alpha value is -2.12. The fourth-order valence-electron chi connectivity index (χ4n) is 1.73. The van der Waals surface area contributed by atoms with Gasteiger partial charge in [0.1, 0.15) is 0 Å². The van der Waals surface area contributed by atoms with Gasteiger partial charge in [0, 0.05) is 0 Å². The molecule has 8 nitrogen and oxygen atoms in total. The number of carbonyl (C=O) groups excluding carboxylic acids is 2. The van der Waals surface area contributed by atoms with Crippen molar-refractivity contribution < 1.29 is 19.1 Å². The minimum atomic E-state index is -0.716. The molecule has 22 heavy (non-hydrogen) atoms. The van der Waals surface area contributed by atoms with Gasteiger partial charge in [-0.2, -0.15) is 0 Å². The molecule has 1 rings (SSSR count). The van der Waals surface area contributed by atoms with E-state index in [9.17, 15) is 9.59 Å². The van der Waals surface area contributed by atoms with E-state index in [1.807, 2.05) is 13.8 Å². The number of nitrogens with two attached hydrogens (primary N) is 1. The topological polar surface area (TPSA) is 109 Å². The van der Waals surface area contributed by atoms with Gasteiger partial charge in [-0.05, 0) is 26.2 Å². The summed E-state index contributed by atoms with van der Waals surface area (Å²) in [5.41, 5.74) is 5.79. The van der Waals surface area contributed by atoms with Gasteiger partial charge in [-0.1, -0.05) is 26.0 Å². The standard InChI is InChI=1S/C14H24N4O4/c1-6-10(13(19)21-7-8(2)3)18-12(15)11(16-17-18)14(20)22-9(4)5/h8-10H,6-7,15H2,1-5H3. The van der Waals surface area contributed by atoms with Gasteiger partial charge in [0.2, 0.25) is 5.69 Å². The fraction of sp³-hybridized carbons (Fsp3) is 0.714. The van der Waals surface area contributed by atoms with E-state index in [0.29, 0.717) is 13.0 Å². The molecule has 1 aromatic rings. The molecule has 0 aromatic carbocycles. The summed E-state index contributed by atoms with van der Waals surface area (Å²) in [5, 5.41) is 7.52. The zero-order valence-corrected chi connectivity index (χ0v) is 13.7. The number of carbonyl (C=O) groups is 2. The molecule has 0 fully saturated rings. The highest BCUT2D eigenvalue weighted by Gasteiger charge is 2.28. The van der Waals surface area contributed by atoms with Crippen LogP contribution in [0.4, 0.5) is 5.82 Å². The van der Waals surface area contributed by atoms with Crippen molar-refractivity contribution in [3.63, 3.8) is 0 Å². The number of ether oxygens (including phenoxy) is 2. The molecule has 0 aliphatic carbocycles. The van der Waals surface area contributed by atoms with Crippen molar-refractivity contribution in [2.24, 2.45) is 5.92 Å². The zero-order chi connectivity index (χ0) is 16.9. The van der Waals surface area contributed by atoms with Crippen molar-refractivity contribution in [3.05, 3.63) is 5.69 Å². The smallest absolute Gasteiger partial charge is 0.363 e. The molecule has 0 spiro atoms. The number of rotatable bonds is 7. The van der Waals surface area contributed by atoms with E-state index in [4.69, 9.17) is 15.2 Å². The Balaban J connectivity index is 2.92. The molecule has 1 aromatic heterocycles. The lowest BCUT2D eigenvalue weighted by atomic mass is 10.2. The maximum atomic E-state index is 12.1. The molecule has 0 aliphatic heterocycles. The zero-order valence-electron chi connectivity index (χ0n) is 13.7. The van der Waals surface area contributed by atoms with E-state index in [0.717, 1.165) is 0 Å². The van der Waals surface area contributed by atoms with Gasteiger partial charge in [-0.15, -0.1) is 5.10 Å². The summed E-state index contributed by atoms with van der Waals surface area (Å²) in [6, 6.07) is -0.716. The number of aromatic nitrogens is 3. The van der Waals surface area contributed by atoms with E-state index in [-0.39, 0.29) is 23.5 Å². The predicted octanol–water partition coefficient (Wildman–Crippen LogP) is 1.58. The van der Waals surface area contributed by atoms with Crippen molar-refractivity contribution in [1.82, 2.24) is 15.0 Å². The lowest BCUT2D eigenvalue weighted by molar-refractivity contribution is -0.149. The van der Waals surface area contributed by atoms with Crippen molar-refractivity contribution in [1.29, 1.82) is 0 Å². The lowest BCUT2D eigenvalue weighted by Gasteiger charge is -2.16. The third-order valence-electron chi connectivity index (χ3n) is 2.78. The van der Waals surface area contributed by atoms with Gasteiger partial charge in [0.05, 0.1) is 12.7 Å². The molecule has 1 unspecified atom stereocenters. The van der Waals surface area contributed by atoms with E-state index in [1.165, 1.54) is 4.68 Å². The molecule has 124 valence electrons. The SMILES string of the molecule is CCC(C(=O)OCC(C)C)n1nnc(C(=O)OC(C)C)c1N. The Morgan fingerprint density at radius 3 is 2.41 bits per heavy atom. The van der Waals surface area contributed by atoms with E-state index < -0.39 is 18.0 Å². The maximum absolute atomic E-state index is 12.1. The van der Waals surface area contributed by atoms with Crippen LogP contribution in [0.3, 0.4) is 0 Å². The minimum Gasteiger partial charge on any atom is -0.464 e. The van der Waals surface area contributed by atoms with Crippen LogP contribution in [0.25, 0.3) is 0 Å². The Morgan fingerprint density at radius 1 is 1.27 bits per heavy atom. The number of anilines is 1. The normalized spacial score (nSPS) is 12.5. The van der Waals surface area contributed by atoms with Gasteiger partial charge >= 0.3 is 11.9 Å². The predicted molar refractivity (Wildman–Crippen MR) is 80.1 cm³/mol. The number of esters is 2. The monoisotopic (exact) mass is 312 g/mol. The molecular formula is C14H24N4O4. The van der Waals surface area contributed by atoms with Crippen LogP contribution in [0.1, 0.15) is 57.6 Å². The van der Waals surface area contributed by atoms with Gasteiger partial charge in [0.25, 0.3) is 0 Å². The highest BCUT2D eigenvalue weighted by Crippen LogP contribution is 2.20. The van der Waals surface area contributed by atoms with Gasteiger partial charge < -0.3 is 15.2 Å². The van der Waals surface area contributed by atoms with Crippen LogP contribution in [0.15, 0.2) is 0 Å². The van der Waals surface area contributed by atoms with Gasteiger partial charge in [0.15, 0.2) is 11.9 Å². The number of hydrogen-bond acceptors (Lipinski definition) is 7. The second kappa shape index (κ2) is 7.77. The van der Waals surface area contributed by atoms with E-state index in [1.54, 1.807) is 20.8 Å². The molecule has 1 atom stereocenters. The fourth-order valence-corrected chi connectivity index (χ4v) is 1.73. The summed E-state index contributed by atoms with van der Waals surface area (Å²) < 4.78 is 11.4. The van der Waals surface area contributed by atoms with E-state index >= 15 is 0 Å². The van der Waals surface area contributed by atoms with Crippen LogP contribution >= 0.6 is 0 Å². The van der Waals surface area contributed by atoms with Crippen LogP contribution < -0.4 is 5.73 Å². The first-order valence-corrected chi connectivity index (χ1v) is 7.36. The van der Waals surface area contributed by atoms with Crippen LogP contribution in [0.2, 0.25) is 0 Å². The third kappa shape index (κ3) is 4.44. The molecule has 0 bridgehead atoms. The number of nitrogens with zero attached hydrogens (tertiary/aromatic N) is 3. The second-order valence-corrected chi connectivity index (χ2v) is 5.67. The summed E-state index contributed by atoms with van der Waals surface area (Å²) in [4.78, 5) is 24.0. The molecule has 0 radical (unpaired) electrons. The molecule has 0 saturated carbocycles. The summed E-state index contributed by atoms with van der Waals surface area (Å²) >= 11 is 0. The van der Waals surface area contributed by atoms with Crippen molar-refractivity contribution >= 4 is 17.8 Å². The van der Waals surface area contributed by atoms with Gasteiger partial charge in [-0.3, -0.25) is 0 Å². The first-order valence-electron chi connectivity index (χ1n) is 7.36. The second-order valence-electron chi connectivity index (χ2n) is 5.67. The molecule has 2 N–H and O–H groups in total.